The Morgan fingerprint density at radius 1 is 0.361 bits per heavy atom. The highest BCUT2D eigenvalue weighted by Gasteiger charge is 2.20. The quantitative estimate of drug-likeness (QED) is 0.148. The number of nitrogens with zero attached hydrogens (tertiary/aromatic N) is 1. The summed E-state index contributed by atoms with van der Waals surface area (Å²) in [5.74, 6) is 0. The molecular weight excluding hydrogens is 735 g/mol. The monoisotopic (exact) mass is 781 g/mol. The van der Waals surface area contributed by atoms with Gasteiger partial charge < -0.3 is 4.90 Å². The molecule has 61 heavy (non-hydrogen) atoms. The summed E-state index contributed by atoms with van der Waals surface area (Å²) in [7, 11) is 0. The first-order chi connectivity index (χ1) is 30.3. The van der Waals surface area contributed by atoms with Crippen LogP contribution in [0.1, 0.15) is 41.5 Å². The Hall–Kier alpha value is -7.48. The van der Waals surface area contributed by atoms with Gasteiger partial charge in [-0.15, -0.1) is 0 Å². The van der Waals surface area contributed by atoms with E-state index in [1.54, 1.807) is 0 Å². The maximum atomic E-state index is 2.42. The molecule has 0 fully saturated rings. The van der Waals surface area contributed by atoms with Gasteiger partial charge in [-0.05, 0) is 140 Å². The second-order valence-electron chi connectivity index (χ2n) is 15.9. The van der Waals surface area contributed by atoms with Gasteiger partial charge in [-0.25, -0.2) is 0 Å². The average Bonchev–Trinajstić information content (AvgIpc) is 3.34. The van der Waals surface area contributed by atoms with E-state index in [-0.39, 0.29) is 0 Å². The van der Waals surface area contributed by atoms with Crippen LogP contribution < -0.4 is 4.90 Å². The fourth-order valence-corrected chi connectivity index (χ4v) is 9.01. The third kappa shape index (κ3) is 7.99. The maximum absolute atomic E-state index is 2.42. The highest BCUT2D eigenvalue weighted by molar-refractivity contribution is 5.97. The van der Waals surface area contributed by atoms with Gasteiger partial charge in [0.25, 0.3) is 0 Å². The van der Waals surface area contributed by atoms with Crippen LogP contribution in [0.2, 0.25) is 0 Å². The lowest BCUT2D eigenvalue weighted by molar-refractivity contribution is 0.978. The number of rotatable bonds is 8. The molecule has 10 rings (SSSR count). The molecule has 0 radical (unpaired) electrons. The van der Waals surface area contributed by atoms with Crippen molar-refractivity contribution in [2.75, 3.05) is 4.90 Å². The fourth-order valence-electron chi connectivity index (χ4n) is 9.01. The topological polar surface area (TPSA) is 3.24 Å². The maximum Gasteiger partial charge on any atom is 0.0468 e. The van der Waals surface area contributed by atoms with Crippen LogP contribution in [0.5, 0.6) is 0 Å². The van der Waals surface area contributed by atoms with Crippen LogP contribution in [0.15, 0.2) is 237 Å². The molecule has 1 nitrogen and oxygen atoms in total. The Morgan fingerprint density at radius 2 is 0.934 bits per heavy atom. The summed E-state index contributed by atoms with van der Waals surface area (Å²) in [6.07, 6.45) is 13.4. The first-order valence-electron chi connectivity index (χ1n) is 21.5. The standard InChI is InChI=1S/C60H47N/c1-2-4-7-17-44(18-8-5-3-1)45-29-31-49(32-30-45)59-42-41-54(43-60(59)48-19-9-6-10-20-48)61(52-37-33-50(34-38-52)57-27-15-23-46-21-11-13-25-55(46)57)53-39-35-51(36-40-53)58-28-16-24-47-22-12-14-26-56(47)58/h1-9,11-15,17-19,21-23,25-43H,10,16,20,24H2. The number of hydrogen-bond donors (Lipinski definition) is 0. The largest absolute Gasteiger partial charge is 0.310 e. The zero-order valence-electron chi connectivity index (χ0n) is 34.3. The molecule has 0 aromatic heterocycles. The predicted molar refractivity (Wildman–Crippen MR) is 261 cm³/mol. The molecule has 0 N–H and O–H groups in total. The summed E-state index contributed by atoms with van der Waals surface area (Å²) in [6.45, 7) is 0. The SMILES string of the molecule is C1=CCCC(c2cc(N(c3ccc(C4=CCCc5ccccc54)cc3)c3ccc(-c4cccc5ccccc45)cc3)ccc2-c2ccc(-c3ccccccccc3)cc2)=C1. The molecule has 0 spiro atoms. The molecule has 0 atom stereocenters. The van der Waals surface area contributed by atoms with Crippen molar-refractivity contribution in [1.29, 1.82) is 0 Å². The van der Waals surface area contributed by atoms with Crippen LogP contribution in [0.25, 0.3) is 55.3 Å². The van der Waals surface area contributed by atoms with Crippen LogP contribution in [-0.2, 0) is 6.42 Å². The van der Waals surface area contributed by atoms with Gasteiger partial charge in [0.2, 0.25) is 0 Å². The molecule has 0 unspecified atom stereocenters. The zero-order chi connectivity index (χ0) is 40.8. The highest BCUT2D eigenvalue weighted by Crippen LogP contribution is 2.42. The van der Waals surface area contributed by atoms with E-state index in [9.17, 15) is 0 Å². The van der Waals surface area contributed by atoms with E-state index in [2.05, 4.69) is 235 Å². The molecular formula is C60H47N. The lowest BCUT2D eigenvalue weighted by Crippen LogP contribution is -2.11. The van der Waals surface area contributed by atoms with Gasteiger partial charge in [-0.3, -0.25) is 0 Å². The molecule has 8 aromatic rings. The molecule has 0 saturated carbocycles. The lowest BCUT2D eigenvalue weighted by Gasteiger charge is -2.28. The smallest absolute Gasteiger partial charge is 0.0468 e. The molecule has 292 valence electrons. The fraction of sp³-hybridized carbons (Fsp3) is 0.0667. The van der Waals surface area contributed by atoms with Crippen molar-refractivity contribution < 1.29 is 0 Å². The second-order valence-corrected chi connectivity index (χ2v) is 15.9. The number of allylic oxidation sites excluding steroid dienone is 5. The highest BCUT2D eigenvalue weighted by atomic mass is 15.1. The summed E-state index contributed by atoms with van der Waals surface area (Å²) in [4.78, 5) is 2.42. The predicted octanol–water partition coefficient (Wildman–Crippen LogP) is 16.5. The van der Waals surface area contributed by atoms with Gasteiger partial charge in [0.15, 0.2) is 0 Å². The molecule has 2 aliphatic rings. The molecule has 0 aliphatic heterocycles. The molecule has 0 heterocycles. The Morgan fingerprint density at radius 3 is 1.69 bits per heavy atom. The van der Waals surface area contributed by atoms with E-state index in [1.165, 1.54) is 77.6 Å². The summed E-state index contributed by atoms with van der Waals surface area (Å²) in [5, 5.41) is 2.52. The molecule has 1 heteroatoms. The minimum Gasteiger partial charge on any atom is -0.310 e. The molecule has 8 aromatic carbocycles. The summed E-state index contributed by atoms with van der Waals surface area (Å²) < 4.78 is 0. The number of benzene rings is 7. The van der Waals surface area contributed by atoms with Crippen molar-refractivity contribution in [3.63, 3.8) is 0 Å². The molecule has 0 bridgehead atoms. The van der Waals surface area contributed by atoms with E-state index in [1.807, 2.05) is 6.07 Å². The van der Waals surface area contributed by atoms with E-state index in [0.717, 1.165) is 42.7 Å². The van der Waals surface area contributed by atoms with Crippen LogP contribution >= 0.6 is 0 Å². The van der Waals surface area contributed by atoms with Crippen LogP contribution in [0.3, 0.4) is 0 Å². The molecule has 2 aliphatic carbocycles. The Labute approximate surface area is 360 Å². The minimum absolute atomic E-state index is 1.00. The number of hydrogen-bond acceptors (Lipinski definition) is 1. The zero-order valence-corrected chi connectivity index (χ0v) is 34.3. The Balaban J connectivity index is 1.07. The van der Waals surface area contributed by atoms with Crippen LogP contribution in [0, 0.1) is 0 Å². The third-order valence-corrected chi connectivity index (χ3v) is 12.1. The number of aryl methyl sites for hydroxylation is 1. The van der Waals surface area contributed by atoms with Crippen LogP contribution in [0.4, 0.5) is 17.1 Å². The Kier molecular flexibility index (Phi) is 10.8. The second kappa shape index (κ2) is 17.4. The first-order valence-corrected chi connectivity index (χ1v) is 21.5. The lowest BCUT2D eigenvalue weighted by atomic mass is 9.87. The summed E-state index contributed by atoms with van der Waals surface area (Å²) in [6, 6.07) is 77.4. The van der Waals surface area contributed by atoms with E-state index < -0.39 is 0 Å². The van der Waals surface area contributed by atoms with Crippen molar-refractivity contribution in [1.82, 2.24) is 0 Å². The van der Waals surface area contributed by atoms with Crippen molar-refractivity contribution in [2.45, 2.75) is 25.7 Å². The van der Waals surface area contributed by atoms with Gasteiger partial charge >= 0.3 is 0 Å². The summed E-state index contributed by atoms with van der Waals surface area (Å²) in [5.41, 5.74) is 18.6. The van der Waals surface area contributed by atoms with Gasteiger partial charge in [0, 0.05) is 17.1 Å². The van der Waals surface area contributed by atoms with Crippen molar-refractivity contribution >= 4 is 39.0 Å². The van der Waals surface area contributed by atoms with Gasteiger partial charge in [0.05, 0.1) is 0 Å². The number of fused-ring (bicyclic) bond motifs is 2. The van der Waals surface area contributed by atoms with Gasteiger partial charge in [-0.2, -0.15) is 0 Å². The molecule has 0 amide bonds. The van der Waals surface area contributed by atoms with Crippen molar-refractivity contribution in [2.24, 2.45) is 0 Å². The molecule has 0 saturated heterocycles. The van der Waals surface area contributed by atoms with Crippen molar-refractivity contribution in [3.8, 4) is 33.4 Å². The number of anilines is 3. The summed E-state index contributed by atoms with van der Waals surface area (Å²) >= 11 is 0. The van der Waals surface area contributed by atoms with E-state index in [4.69, 9.17) is 0 Å². The minimum atomic E-state index is 1.00. The van der Waals surface area contributed by atoms with Gasteiger partial charge in [0.1, 0.15) is 0 Å². The van der Waals surface area contributed by atoms with E-state index in [0.29, 0.717) is 0 Å². The van der Waals surface area contributed by atoms with Crippen molar-refractivity contribution in [3.05, 3.63) is 259 Å². The van der Waals surface area contributed by atoms with Crippen LogP contribution in [-0.4, -0.2) is 0 Å². The van der Waals surface area contributed by atoms with Gasteiger partial charge in [-0.1, -0.05) is 200 Å². The first kappa shape index (κ1) is 37.8. The van der Waals surface area contributed by atoms with E-state index >= 15 is 0 Å². The average molecular weight is 782 g/mol. The normalized spacial score (nSPS) is 13.1. The third-order valence-electron chi connectivity index (χ3n) is 12.1. The Bertz CT molecular complexity index is 2970.